The minimum absolute atomic E-state index is 0.404. The highest BCUT2D eigenvalue weighted by molar-refractivity contribution is 5.77. The van der Waals surface area contributed by atoms with Gasteiger partial charge < -0.3 is 20.3 Å². The third kappa shape index (κ3) is 2.65. The van der Waals surface area contributed by atoms with E-state index in [0.29, 0.717) is 6.29 Å². The molecular formula is C6H11NO4. The van der Waals surface area contributed by atoms with Gasteiger partial charge in [0.15, 0.2) is 0 Å². The third-order valence-electron chi connectivity index (χ3n) is 1.47. The summed E-state index contributed by atoms with van der Waals surface area (Å²) < 4.78 is 0. The lowest BCUT2D eigenvalue weighted by Gasteiger charge is -2.22. The van der Waals surface area contributed by atoms with Crippen molar-refractivity contribution < 1.29 is 19.8 Å². The molecule has 5 heteroatoms. The topological polar surface area (TPSA) is 86.6 Å². The van der Waals surface area contributed by atoms with Crippen molar-refractivity contribution in [3.63, 3.8) is 0 Å². The van der Waals surface area contributed by atoms with E-state index in [1.165, 1.54) is 7.05 Å². The first-order valence-corrected chi connectivity index (χ1v) is 3.08. The number of aldehydes is 1. The van der Waals surface area contributed by atoms with Gasteiger partial charge in [0, 0.05) is 0 Å². The monoisotopic (exact) mass is 161 g/mol. The number of carbonyl (C=O) groups is 2. The normalized spacial score (nSPS) is 15.5. The van der Waals surface area contributed by atoms with Crippen molar-refractivity contribution >= 4 is 12.3 Å². The molecule has 0 amide bonds. The van der Waals surface area contributed by atoms with Crippen molar-refractivity contribution in [3.05, 3.63) is 0 Å². The highest BCUT2D eigenvalue weighted by Gasteiger charge is 2.29. The van der Waals surface area contributed by atoms with Gasteiger partial charge in [0.1, 0.15) is 11.8 Å². The van der Waals surface area contributed by atoms with Crippen LogP contribution in [-0.4, -0.2) is 41.7 Å². The molecule has 0 aliphatic carbocycles. The summed E-state index contributed by atoms with van der Waals surface area (Å²) in [7, 11) is 1.42. The molecule has 3 N–H and O–H groups in total. The predicted octanol–water partition coefficient (Wildman–Crippen LogP) is -1.39. The van der Waals surface area contributed by atoms with E-state index in [-0.39, 0.29) is 0 Å². The Balaban J connectivity index is 4.28. The quantitative estimate of drug-likeness (QED) is 0.432. The minimum atomic E-state index is -1.33. The highest BCUT2D eigenvalue weighted by Crippen LogP contribution is 2.04. The number of rotatable bonds is 5. The molecule has 1 atom stereocenters. The Morgan fingerprint density at radius 3 is 2.36 bits per heavy atom. The molecule has 0 saturated carbocycles. The Morgan fingerprint density at radius 2 is 2.27 bits per heavy atom. The van der Waals surface area contributed by atoms with E-state index < -0.39 is 24.5 Å². The van der Waals surface area contributed by atoms with Gasteiger partial charge in [-0.2, -0.15) is 0 Å². The van der Waals surface area contributed by atoms with Gasteiger partial charge in [-0.05, 0) is 7.05 Å². The summed E-state index contributed by atoms with van der Waals surface area (Å²) in [5.74, 6) is -1.12. The fourth-order valence-corrected chi connectivity index (χ4v) is 0.631. The average Bonchev–Trinajstić information content (AvgIpc) is 2.00. The maximum atomic E-state index is 10.3. The van der Waals surface area contributed by atoms with Crippen molar-refractivity contribution in [2.24, 2.45) is 0 Å². The van der Waals surface area contributed by atoms with Gasteiger partial charge in [0.25, 0.3) is 0 Å². The van der Waals surface area contributed by atoms with Crippen LogP contribution in [0.4, 0.5) is 0 Å². The second kappa shape index (κ2) is 4.05. The van der Waals surface area contributed by atoms with Gasteiger partial charge >= 0.3 is 5.97 Å². The van der Waals surface area contributed by atoms with E-state index in [9.17, 15) is 9.59 Å². The zero-order valence-corrected chi connectivity index (χ0v) is 6.20. The predicted molar refractivity (Wildman–Crippen MR) is 37.2 cm³/mol. The summed E-state index contributed by atoms with van der Waals surface area (Å²) in [5, 5.41) is 19.4. The molecule has 11 heavy (non-hydrogen) atoms. The fourth-order valence-electron chi connectivity index (χ4n) is 0.631. The molecular weight excluding hydrogens is 150 g/mol. The Labute approximate surface area is 64.0 Å². The largest absolute Gasteiger partial charge is 0.481 e. The van der Waals surface area contributed by atoms with E-state index in [2.05, 4.69) is 5.32 Å². The van der Waals surface area contributed by atoms with Crippen LogP contribution < -0.4 is 5.32 Å². The molecule has 64 valence electrons. The summed E-state index contributed by atoms with van der Waals surface area (Å²) in [5.41, 5.74) is -1.33. The van der Waals surface area contributed by atoms with Crippen LogP contribution in [0.3, 0.4) is 0 Å². The Hall–Kier alpha value is -0.940. The summed E-state index contributed by atoms with van der Waals surface area (Å²) in [4.78, 5) is 20.5. The number of aliphatic hydroxyl groups excluding tert-OH is 1. The van der Waals surface area contributed by atoms with Crippen LogP contribution in [0.25, 0.3) is 0 Å². The van der Waals surface area contributed by atoms with Crippen molar-refractivity contribution in [3.8, 4) is 0 Å². The molecule has 0 aromatic carbocycles. The molecule has 0 saturated heterocycles. The standard InChI is InChI=1S/C6H11NO4/c1-7-6(3-8,4-9)2-5(10)11/h3,7,9H,2,4H2,1H3,(H,10,11). The lowest BCUT2D eigenvalue weighted by atomic mass is 9.99. The zero-order valence-electron chi connectivity index (χ0n) is 6.20. The van der Waals surface area contributed by atoms with Gasteiger partial charge in [-0.25, -0.2) is 0 Å². The summed E-state index contributed by atoms with van der Waals surface area (Å²) >= 11 is 0. The number of aliphatic carboxylic acids is 1. The zero-order chi connectivity index (χ0) is 8.91. The first-order valence-electron chi connectivity index (χ1n) is 3.08. The summed E-state index contributed by atoms with van der Waals surface area (Å²) in [6, 6.07) is 0. The number of hydrogen-bond donors (Lipinski definition) is 3. The number of hydrogen-bond acceptors (Lipinski definition) is 4. The van der Waals surface area contributed by atoms with Crippen LogP contribution in [0.15, 0.2) is 0 Å². The molecule has 0 fully saturated rings. The van der Waals surface area contributed by atoms with E-state index in [1.54, 1.807) is 0 Å². The van der Waals surface area contributed by atoms with E-state index >= 15 is 0 Å². The van der Waals surface area contributed by atoms with Crippen molar-refractivity contribution in [1.82, 2.24) is 5.32 Å². The molecule has 0 heterocycles. The van der Waals surface area contributed by atoms with Crippen molar-refractivity contribution in [1.29, 1.82) is 0 Å². The van der Waals surface area contributed by atoms with Crippen LogP contribution in [0.1, 0.15) is 6.42 Å². The molecule has 0 bridgehead atoms. The molecule has 0 aliphatic rings. The van der Waals surface area contributed by atoms with Crippen LogP contribution in [0, 0.1) is 0 Å². The number of carboxylic acids is 1. The maximum Gasteiger partial charge on any atom is 0.305 e. The molecule has 0 aliphatic heterocycles. The second-order valence-electron chi connectivity index (χ2n) is 2.25. The Kier molecular flexibility index (Phi) is 3.70. The smallest absolute Gasteiger partial charge is 0.305 e. The van der Waals surface area contributed by atoms with Crippen LogP contribution in [0.5, 0.6) is 0 Å². The highest BCUT2D eigenvalue weighted by atomic mass is 16.4. The first kappa shape index (κ1) is 10.1. The SMILES string of the molecule is CNC(C=O)(CO)CC(=O)O. The Morgan fingerprint density at radius 1 is 1.73 bits per heavy atom. The van der Waals surface area contributed by atoms with Gasteiger partial charge in [0.05, 0.1) is 13.0 Å². The van der Waals surface area contributed by atoms with Gasteiger partial charge in [-0.1, -0.05) is 0 Å². The number of aliphatic hydroxyl groups is 1. The molecule has 5 nitrogen and oxygen atoms in total. The van der Waals surface area contributed by atoms with Gasteiger partial charge in [0.2, 0.25) is 0 Å². The summed E-state index contributed by atoms with van der Waals surface area (Å²) in [6.45, 7) is -0.515. The lowest BCUT2D eigenvalue weighted by Crippen LogP contribution is -2.49. The van der Waals surface area contributed by atoms with Crippen molar-refractivity contribution in [2.45, 2.75) is 12.0 Å². The molecule has 0 aromatic heterocycles. The minimum Gasteiger partial charge on any atom is -0.481 e. The fraction of sp³-hybridized carbons (Fsp3) is 0.667. The first-order chi connectivity index (χ1) is 5.10. The summed E-state index contributed by atoms with van der Waals surface area (Å²) in [6.07, 6.45) is -0.00931. The molecule has 0 spiro atoms. The van der Waals surface area contributed by atoms with E-state index in [1.807, 2.05) is 0 Å². The van der Waals surface area contributed by atoms with Gasteiger partial charge in [-0.15, -0.1) is 0 Å². The number of nitrogens with one attached hydrogen (secondary N) is 1. The van der Waals surface area contributed by atoms with E-state index in [4.69, 9.17) is 10.2 Å². The molecule has 0 rings (SSSR count). The lowest BCUT2D eigenvalue weighted by molar-refractivity contribution is -0.141. The van der Waals surface area contributed by atoms with Crippen LogP contribution in [-0.2, 0) is 9.59 Å². The van der Waals surface area contributed by atoms with Crippen LogP contribution in [0.2, 0.25) is 0 Å². The second-order valence-corrected chi connectivity index (χ2v) is 2.25. The Bertz CT molecular complexity index is 153. The molecule has 1 unspecified atom stereocenters. The van der Waals surface area contributed by atoms with Crippen LogP contribution >= 0.6 is 0 Å². The third-order valence-corrected chi connectivity index (χ3v) is 1.47. The van der Waals surface area contributed by atoms with E-state index in [0.717, 1.165) is 0 Å². The number of carbonyl (C=O) groups excluding carboxylic acids is 1. The molecule has 0 radical (unpaired) electrons. The number of likely N-dealkylation sites (N-methyl/N-ethyl adjacent to an activating group) is 1. The van der Waals surface area contributed by atoms with Gasteiger partial charge in [-0.3, -0.25) is 4.79 Å². The molecule has 0 aromatic rings. The van der Waals surface area contributed by atoms with Crippen molar-refractivity contribution in [2.75, 3.05) is 13.7 Å². The number of carboxylic acid groups (broad SMARTS) is 1. The maximum absolute atomic E-state index is 10.3. The average molecular weight is 161 g/mol.